The quantitative estimate of drug-likeness (QED) is 0.914. The number of carbonyl (C=O) groups is 1. The predicted octanol–water partition coefficient (Wildman–Crippen LogP) is 1.85. The van der Waals surface area contributed by atoms with Crippen molar-refractivity contribution in [2.45, 2.75) is 52.1 Å². The molecule has 1 atom stereocenters. The standard InChI is InChI=1S/C15H26N4O/c1-5-19-14(9-13(17-19)11(2)3)15(20)18-8-6-7-12(10-18)16-4/h9,11-12,16H,5-8,10H2,1-4H3. The molecule has 2 heterocycles. The average molecular weight is 278 g/mol. The number of piperidine rings is 1. The number of aromatic nitrogens is 2. The Labute approximate surface area is 121 Å². The summed E-state index contributed by atoms with van der Waals surface area (Å²) in [7, 11) is 1.96. The first-order valence-electron chi connectivity index (χ1n) is 7.61. The zero-order valence-electron chi connectivity index (χ0n) is 13.0. The van der Waals surface area contributed by atoms with Crippen molar-refractivity contribution in [2.24, 2.45) is 0 Å². The van der Waals surface area contributed by atoms with Crippen molar-refractivity contribution >= 4 is 5.91 Å². The Balaban J connectivity index is 2.19. The van der Waals surface area contributed by atoms with Crippen LogP contribution in [-0.2, 0) is 6.54 Å². The lowest BCUT2D eigenvalue weighted by atomic mass is 10.1. The Kier molecular flexibility index (Phi) is 4.81. The molecule has 5 heteroatoms. The molecular formula is C15H26N4O. The highest BCUT2D eigenvalue weighted by Crippen LogP contribution is 2.18. The molecule has 1 aromatic rings. The molecule has 0 aliphatic carbocycles. The van der Waals surface area contributed by atoms with Crippen LogP contribution in [0.25, 0.3) is 0 Å². The third-order valence-corrected chi connectivity index (χ3v) is 4.03. The number of nitrogens with zero attached hydrogens (tertiary/aromatic N) is 3. The second kappa shape index (κ2) is 6.39. The first kappa shape index (κ1) is 15.0. The summed E-state index contributed by atoms with van der Waals surface area (Å²) in [6.07, 6.45) is 2.21. The van der Waals surface area contributed by atoms with E-state index in [1.54, 1.807) is 0 Å². The summed E-state index contributed by atoms with van der Waals surface area (Å²) < 4.78 is 1.83. The lowest BCUT2D eigenvalue weighted by Crippen LogP contribution is -2.47. The minimum Gasteiger partial charge on any atom is -0.336 e. The monoisotopic (exact) mass is 278 g/mol. The van der Waals surface area contributed by atoms with Crippen molar-refractivity contribution in [3.63, 3.8) is 0 Å². The summed E-state index contributed by atoms with van der Waals surface area (Å²) in [6, 6.07) is 2.37. The van der Waals surface area contributed by atoms with E-state index in [-0.39, 0.29) is 5.91 Å². The lowest BCUT2D eigenvalue weighted by molar-refractivity contribution is 0.0685. The Morgan fingerprint density at radius 1 is 1.55 bits per heavy atom. The highest BCUT2D eigenvalue weighted by Gasteiger charge is 2.26. The minimum absolute atomic E-state index is 0.117. The zero-order chi connectivity index (χ0) is 14.7. The molecule has 0 aromatic carbocycles. The van der Waals surface area contributed by atoms with Gasteiger partial charge >= 0.3 is 0 Å². The Hall–Kier alpha value is -1.36. The molecule has 0 radical (unpaired) electrons. The molecule has 1 aromatic heterocycles. The van der Waals surface area contributed by atoms with E-state index in [1.165, 1.54) is 0 Å². The van der Waals surface area contributed by atoms with Gasteiger partial charge in [0.25, 0.3) is 5.91 Å². The van der Waals surface area contributed by atoms with Crippen molar-refractivity contribution in [1.29, 1.82) is 0 Å². The fourth-order valence-electron chi connectivity index (χ4n) is 2.69. The van der Waals surface area contributed by atoms with Crippen LogP contribution in [0.2, 0.25) is 0 Å². The molecule has 1 aliphatic heterocycles. The highest BCUT2D eigenvalue weighted by atomic mass is 16.2. The third-order valence-electron chi connectivity index (χ3n) is 4.03. The van der Waals surface area contributed by atoms with E-state index in [0.717, 1.165) is 43.9 Å². The van der Waals surface area contributed by atoms with Gasteiger partial charge in [-0.1, -0.05) is 13.8 Å². The van der Waals surface area contributed by atoms with Crippen LogP contribution in [0.15, 0.2) is 6.07 Å². The SMILES string of the molecule is CCn1nc(C(C)C)cc1C(=O)N1CCCC(NC)C1. The van der Waals surface area contributed by atoms with Crippen LogP contribution in [0.4, 0.5) is 0 Å². The number of likely N-dealkylation sites (N-methyl/N-ethyl adjacent to an activating group) is 1. The molecule has 5 nitrogen and oxygen atoms in total. The number of nitrogens with one attached hydrogen (secondary N) is 1. The van der Waals surface area contributed by atoms with Crippen LogP contribution >= 0.6 is 0 Å². The summed E-state index contributed by atoms with van der Waals surface area (Å²) in [5.41, 5.74) is 1.73. The zero-order valence-corrected chi connectivity index (χ0v) is 13.0. The number of carbonyl (C=O) groups excluding carboxylic acids is 1. The van der Waals surface area contributed by atoms with Gasteiger partial charge < -0.3 is 10.2 Å². The van der Waals surface area contributed by atoms with Gasteiger partial charge in [0.15, 0.2) is 0 Å². The Morgan fingerprint density at radius 2 is 2.30 bits per heavy atom. The predicted molar refractivity (Wildman–Crippen MR) is 80.0 cm³/mol. The molecule has 20 heavy (non-hydrogen) atoms. The number of rotatable bonds is 4. The largest absolute Gasteiger partial charge is 0.336 e. The smallest absolute Gasteiger partial charge is 0.272 e. The third kappa shape index (κ3) is 3.03. The van der Waals surface area contributed by atoms with Crippen molar-refractivity contribution in [3.05, 3.63) is 17.5 Å². The van der Waals surface area contributed by atoms with Crippen LogP contribution in [0.5, 0.6) is 0 Å². The van der Waals surface area contributed by atoms with Gasteiger partial charge in [-0.15, -0.1) is 0 Å². The fourth-order valence-corrected chi connectivity index (χ4v) is 2.69. The van der Waals surface area contributed by atoms with Gasteiger partial charge in [0.05, 0.1) is 5.69 Å². The summed E-state index contributed by atoms with van der Waals surface area (Å²) in [6.45, 7) is 8.62. The van der Waals surface area contributed by atoms with Crippen molar-refractivity contribution < 1.29 is 4.79 Å². The van der Waals surface area contributed by atoms with E-state index in [0.29, 0.717) is 12.0 Å². The molecular weight excluding hydrogens is 252 g/mol. The van der Waals surface area contributed by atoms with Crippen molar-refractivity contribution in [2.75, 3.05) is 20.1 Å². The average Bonchev–Trinajstić information content (AvgIpc) is 2.91. The molecule has 0 bridgehead atoms. The van der Waals surface area contributed by atoms with Gasteiger partial charge in [-0.25, -0.2) is 0 Å². The van der Waals surface area contributed by atoms with Crippen LogP contribution in [0, 0.1) is 0 Å². The Morgan fingerprint density at radius 3 is 2.90 bits per heavy atom. The molecule has 2 rings (SSSR count). The Bertz CT molecular complexity index is 466. The van der Waals surface area contributed by atoms with Crippen molar-refractivity contribution in [3.8, 4) is 0 Å². The molecule has 1 fully saturated rings. The number of hydrogen-bond acceptors (Lipinski definition) is 3. The van der Waals surface area contributed by atoms with E-state index >= 15 is 0 Å². The maximum absolute atomic E-state index is 12.7. The first-order chi connectivity index (χ1) is 9.56. The molecule has 1 saturated heterocycles. The molecule has 1 amide bonds. The molecule has 1 N–H and O–H groups in total. The van der Waals surface area contributed by atoms with Gasteiger partial charge in [0.2, 0.25) is 0 Å². The maximum atomic E-state index is 12.7. The molecule has 0 saturated carbocycles. The van der Waals surface area contributed by atoms with Gasteiger partial charge in [0.1, 0.15) is 5.69 Å². The number of aryl methyl sites for hydroxylation is 1. The van der Waals surface area contributed by atoms with Crippen LogP contribution in [0.1, 0.15) is 55.7 Å². The van der Waals surface area contributed by atoms with Gasteiger partial charge in [-0.2, -0.15) is 5.10 Å². The number of likely N-dealkylation sites (tertiary alicyclic amines) is 1. The summed E-state index contributed by atoms with van der Waals surface area (Å²) in [5, 5.41) is 7.81. The second-order valence-corrected chi connectivity index (χ2v) is 5.80. The second-order valence-electron chi connectivity index (χ2n) is 5.80. The van der Waals surface area contributed by atoms with E-state index < -0.39 is 0 Å². The fraction of sp³-hybridized carbons (Fsp3) is 0.733. The topological polar surface area (TPSA) is 50.2 Å². The van der Waals surface area contributed by atoms with E-state index in [2.05, 4.69) is 24.3 Å². The van der Waals surface area contributed by atoms with E-state index in [9.17, 15) is 4.79 Å². The van der Waals surface area contributed by atoms with Crippen LogP contribution in [-0.4, -0.2) is 46.8 Å². The molecule has 112 valence electrons. The van der Waals surface area contributed by atoms with Gasteiger partial charge in [0, 0.05) is 25.7 Å². The van der Waals surface area contributed by atoms with Crippen molar-refractivity contribution in [1.82, 2.24) is 20.0 Å². The molecule has 0 spiro atoms. The van der Waals surface area contributed by atoms with Gasteiger partial charge in [-0.3, -0.25) is 9.48 Å². The molecule has 1 unspecified atom stereocenters. The molecule has 1 aliphatic rings. The first-order valence-corrected chi connectivity index (χ1v) is 7.61. The number of hydrogen-bond donors (Lipinski definition) is 1. The maximum Gasteiger partial charge on any atom is 0.272 e. The van der Waals surface area contributed by atoms with E-state index in [1.807, 2.05) is 29.6 Å². The summed E-state index contributed by atoms with van der Waals surface area (Å²) in [4.78, 5) is 14.7. The summed E-state index contributed by atoms with van der Waals surface area (Å²) in [5.74, 6) is 0.465. The normalized spacial score (nSPS) is 19.6. The van der Waals surface area contributed by atoms with Gasteiger partial charge in [-0.05, 0) is 38.8 Å². The van der Waals surface area contributed by atoms with Crippen LogP contribution in [0.3, 0.4) is 0 Å². The lowest BCUT2D eigenvalue weighted by Gasteiger charge is -2.32. The number of amides is 1. The minimum atomic E-state index is 0.117. The van der Waals surface area contributed by atoms with E-state index in [4.69, 9.17) is 0 Å². The highest BCUT2D eigenvalue weighted by molar-refractivity contribution is 5.92. The van der Waals surface area contributed by atoms with Crippen LogP contribution < -0.4 is 5.32 Å². The summed E-state index contributed by atoms with van der Waals surface area (Å²) >= 11 is 0.